The van der Waals surface area contributed by atoms with Crippen molar-refractivity contribution in [3.05, 3.63) is 95.0 Å². The van der Waals surface area contributed by atoms with E-state index in [4.69, 9.17) is 5.73 Å². The SMILES string of the molecule is C=C(Nc1ccccc1N)c1ccc(N/C(C)=c2\c(=C)[nH]c3ccc(C(C)C)cc23)cc1. The predicted octanol–water partition coefficient (Wildman–Crippen LogP) is 5.61. The van der Waals surface area contributed by atoms with Gasteiger partial charge >= 0.3 is 0 Å². The van der Waals surface area contributed by atoms with Gasteiger partial charge in [0.15, 0.2) is 0 Å². The first-order valence-electron chi connectivity index (χ1n) is 10.8. The molecule has 4 rings (SSSR count). The Labute approximate surface area is 189 Å². The van der Waals surface area contributed by atoms with Gasteiger partial charge in [-0.25, -0.2) is 0 Å². The number of aromatic nitrogens is 1. The van der Waals surface area contributed by atoms with Crippen LogP contribution >= 0.6 is 0 Å². The number of hydrogen-bond acceptors (Lipinski definition) is 3. The zero-order valence-corrected chi connectivity index (χ0v) is 18.9. The molecule has 4 aromatic rings. The summed E-state index contributed by atoms with van der Waals surface area (Å²) in [4.78, 5) is 3.41. The van der Waals surface area contributed by atoms with Crippen LogP contribution in [0.1, 0.15) is 37.8 Å². The molecule has 1 heterocycles. The fourth-order valence-corrected chi connectivity index (χ4v) is 3.93. The van der Waals surface area contributed by atoms with Gasteiger partial charge in [-0.1, -0.05) is 57.3 Å². The molecule has 0 saturated heterocycles. The molecule has 0 radical (unpaired) electrons. The molecule has 4 nitrogen and oxygen atoms in total. The maximum atomic E-state index is 6.03. The molecule has 0 aliphatic heterocycles. The molecule has 162 valence electrons. The summed E-state index contributed by atoms with van der Waals surface area (Å²) >= 11 is 0. The van der Waals surface area contributed by atoms with Gasteiger partial charge in [0.1, 0.15) is 0 Å². The van der Waals surface area contributed by atoms with E-state index in [0.29, 0.717) is 11.6 Å². The second kappa shape index (κ2) is 8.67. The average Bonchev–Trinajstić information content (AvgIpc) is 3.10. The Morgan fingerprint density at radius 3 is 2.38 bits per heavy atom. The van der Waals surface area contributed by atoms with Crippen LogP contribution in [0.25, 0.3) is 28.9 Å². The number of anilines is 3. The van der Waals surface area contributed by atoms with E-state index in [9.17, 15) is 0 Å². The van der Waals surface area contributed by atoms with Crippen LogP contribution in [-0.2, 0) is 0 Å². The highest BCUT2D eigenvalue weighted by molar-refractivity contribution is 5.85. The van der Waals surface area contributed by atoms with Gasteiger partial charge in [-0.3, -0.25) is 0 Å². The van der Waals surface area contributed by atoms with Crippen molar-refractivity contribution < 1.29 is 0 Å². The topological polar surface area (TPSA) is 65.9 Å². The first-order valence-corrected chi connectivity index (χ1v) is 10.8. The van der Waals surface area contributed by atoms with Crippen LogP contribution in [0.15, 0.2) is 73.3 Å². The Hall–Kier alpha value is -3.92. The van der Waals surface area contributed by atoms with E-state index in [0.717, 1.165) is 44.4 Å². The number of nitrogens with two attached hydrogens (primary N) is 1. The highest BCUT2D eigenvalue weighted by Crippen LogP contribution is 2.24. The Bertz CT molecular complexity index is 1390. The third kappa shape index (κ3) is 4.26. The van der Waals surface area contributed by atoms with Crippen molar-refractivity contribution in [1.29, 1.82) is 0 Å². The molecule has 3 aromatic carbocycles. The smallest absolute Gasteiger partial charge is 0.0617 e. The summed E-state index contributed by atoms with van der Waals surface area (Å²) in [5.74, 6) is 0.476. The van der Waals surface area contributed by atoms with Crippen LogP contribution in [0.3, 0.4) is 0 Å². The zero-order chi connectivity index (χ0) is 22.8. The minimum Gasteiger partial charge on any atom is -0.397 e. The van der Waals surface area contributed by atoms with Crippen LogP contribution < -0.4 is 26.9 Å². The summed E-state index contributed by atoms with van der Waals surface area (Å²) in [5, 5.41) is 10.1. The highest BCUT2D eigenvalue weighted by Gasteiger charge is 2.07. The van der Waals surface area contributed by atoms with E-state index >= 15 is 0 Å². The van der Waals surface area contributed by atoms with Crippen molar-refractivity contribution in [1.82, 2.24) is 4.98 Å². The van der Waals surface area contributed by atoms with Crippen LogP contribution in [0.2, 0.25) is 0 Å². The van der Waals surface area contributed by atoms with Crippen molar-refractivity contribution in [2.24, 2.45) is 0 Å². The standard InChI is InChI=1S/C28H30N4/c1-17(2)22-12-15-26-24(16-22)28(20(5)32-26)19(4)30-23-13-10-21(11-14-23)18(3)31-27-9-7-6-8-25(27)29/h6-17,30-32H,3,5,29H2,1-2,4H3/b28-19+. The fourth-order valence-electron chi connectivity index (χ4n) is 3.93. The molecule has 0 spiro atoms. The minimum atomic E-state index is 0.476. The normalized spacial score (nSPS) is 12.1. The molecule has 0 aliphatic carbocycles. The van der Waals surface area contributed by atoms with Crippen molar-refractivity contribution in [3.8, 4) is 0 Å². The number of nitrogens with one attached hydrogen (secondary N) is 3. The van der Waals surface area contributed by atoms with Gasteiger partial charge in [0.2, 0.25) is 0 Å². The molecule has 32 heavy (non-hydrogen) atoms. The summed E-state index contributed by atoms with van der Waals surface area (Å²) in [6, 6.07) is 22.4. The average molecular weight is 423 g/mol. The second-order valence-electron chi connectivity index (χ2n) is 8.46. The number of rotatable bonds is 6. The zero-order valence-electron chi connectivity index (χ0n) is 18.9. The number of H-pyrrole nitrogens is 1. The fraction of sp³-hybridized carbons (Fsp3) is 0.143. The van der Waals surface area contributed by atoms with Gasteiger partial charge < -0.3 is 21.4 Å². The Kier molecular flexibility index (Phi) is 5.78. The van der Waals surface area contributed by atoms with E-state index in [1.165, 1.54) is 10.9 Å². The molecule has 4 heteroatoms. The van der Waals surface area contributed by atoms with Crippen LogP contribution in [0.5, 0.6) is 0 Å². The molecule has 5 N–H and O–H groups in total. The lowest BCUT2D eigenvalue weighted by atomic mass is 10.0. The molecule has 0 saturated carbocycles. The van der Waals surface area contributed by atoms with Gasteiger partial charge in [0, 0.05) is 38.6 Å². The Morgan fingerprint density at radius 2 is 1.69 bits per heavy atom. The molecular formula is C28H30N4. The number of aromatic amines is 1. The summed E-state index contributed by atoms with van der Waals surface area (Å²) in [6.45, 7) is 14.9. The van der Waals surface area contributed by atoms with E-state index in [1.807, 2.05) is 36.4 Å². The molecule has 0 bridgehead atoms. The highest BCUT2D eigenvalue weighted by atomic mass is 14.9. The van der Waals surface area contributed by atoms with Gasteiger partial charge in [-0.2, -0.15) is 0 Å². The second-order valence-corrected chi connectivity index (χ2v) is 8.46. The lowest BCUT2D eigenvalue weighted by molar-refractivity contribution is 0.868. The first kappa shape index (κ1) is 21.3. The number of benzene rings is 3. The van der Waals surface area contributed by atoms with Crippen LogP contribution in [0.4, 0.5) is 17.1 Å². The summed E-state index contributed by atoms with van der Waals surface area (Å²) in [5.41, 5.74) is 13.9. The van der Waals surface area contributed by atoms with Gasteiger partial charge in [0.05, 0.1) is 11.4 Å². The lowest BCUT2D eigenvalue weighted by Crippen LogP contribution is -2.25. The molecule has 0 aliphatic rings. The molecular weight excluding hydrogens is 392 g/mol. The Morgan fingerprint density at radius 1 is 0.969 bits per heavy atom. The van der Waals surface area contributed by atoms with Crippen molar-refractivity contribution in [2.45, 2.75) is 26.7 Å². The van der Waals surface area contributed by atoms with E-state index in [-0.39, 0.29) is 0 Å². The van der Waals surface area contributed by atoms with E-state index in [1.54, 1.807) is 0 Å². The van der Waals surface area contributed by atoms with Gasteiger partial charge in [-0.15, -0.1) is 0 Å². The Balaban J connectivity index is 1.60. The molecule has 0 fully saturated rings. The number of hydrogen-bond donors (Lipinski definition) is 4. The third-order valence-electron chi connectivity index (χ3n) is 5.75. The van der Waals surface area contributed by atoms with Gasteiger partial charge in [-0.05, 0) is 60.4 Å². The molecule has 0 atom stereocenters. The van der Waals surface area contributed by atoms with E-state index < -0.39 is 0 Å². The minimum absolute atomic E-state index is 0.476. The predicted molar refractivity (Wildman–Crippen MR) is 140 cm³/mol. The maximum absolute atomic E-state index is 6.03. The monoisotopic (exact) mass is 422 g/mol. The van der Waals surface area contributed by atoms with Crippen molar-refractivity contribution in [2.75, 3.05) is 16.4 Å². The van der Waals surface area contributed by atoms with Crippen molar-refractivity contribution in [3.63, 3.8) is 0 Å². The summed E-state index contributed by atoms with van der Waals surface area (Å²) in [6.07, 6.45) is 0. The van der Waals surface area contributed by atoms with Crippen molar-refractivity contribution >= 4 is 45.9 Å². The number of nitrogen functional groups attached to an aromatic ring is 1. The lowest BCUT2D eigenvalue weighted by Gasteiger charge is -2.13. The quantitative estimate of drug-likeness (QED) is 0.306. The third-order valence-corrected chi connectivity index (χ3v) is 5.75. The van der Waals surface area contributed by atoms with Gasteiger partial charge in [0.25, 0.3) is 0 Å². The molecule has 0 amide bonds. The number of para-hydroxylation sites is 2. The summed E-state index contributed by atoms with van der Waals surface area (Å²) in [7, 11) is 0. The van der Waals surface area contributed by atoms with E-state index in [2.05, 4.69) is 79.9 Å². The molecule has 0 unspecified atom stereocenters. The van der Waals surface area contributed by atoms with Crippen LogP contribution in [-0.4, -0.2) is 4.98 Å². The van der Waals surface area contributed by atoms with Crippen LogP contribution in [0, 0.1) is 0 Å². The first-order chi connectivity index (χ1) is 15.3. The molecule has 1 aromatic heterocycles. The largest absolute Gasteiger partial charge is 0.397 e. The summed E-state index contributed by atoms with van der Waals surface area (Å²) < 4.78 is 0. The maximum Gasteiger partial charge on any atom is 0.0617 e. The number of fused-ring (bicyclic) bond motifs is 1.